The van der Waals surface area contributed by atoms with Gasteiger partial charge in [-0.2, -0.15) is 0 Å². The third-order valence-corrected chi connectivity index (χ3v) is 9.19. The fraction of sp³-hybridized carbons (Fsp3) is 0.867. The molecule has 0 saturated carbocycles. The number of aliphatic hydroxyl groups excluding tert-OH is 8. The molecule has 20 nitrogen and oxygen atoms in total. The minimum absolute atomic E-state index is 0.333. The van der Waals surface area contributed by atoms with Crippen molar-refractivity contribution in [3.05, 3.63) is 0 Å². The Hall–Kier alpha value is -2.44. The summed E-state index contributed by atoms with van der Waals surface area (Å²) in [6, 6.07) is -3.75. The molecule has 0 radical (unpaired) electrons. The van der Waals surface area contributed by atoms with Crippen molar-refractivity contribution >= 4 is 23.6 Å². The molecule has 0 aromatic heterocycles. The molecule has 288 valence electrons. The predicted molar refractivity (Wildman–Crippen MR) is 164 cm³/mol. The highest BCUT2D eigenvalue weighted by Crippen LogP contribution is 2.32. The van der Waals surface area contributed by atoms with Crippen LogP contribution in [-0.4, -0.2) is 195 Å². The van der Waals surface area contributed by atoms with E-state index >= 15 is 0 Å². The summed E-state index contributed by atoms with van der Waals surface area (Å²) in [6.07, 6.45) is -13.4. The van der Waals surface area contributed by atoms with E-state index in [2.05, 4.69) is 10.6 Å². The molecule has 3 saturated heterocycles. The highest BCUT2D eigenvalue weighted by atomic mass is 16.6. The van der Waals surface area contributed by atoms with Crippen LogP contribution < -0.4 is 10.6 Å². The van der Waals surface area contributed by atoms with E-state index in [-0.39, 0.29) is 19.8 Å². The summed E-state index contributed by atoms with van der Waals surface area (Å²) >= 11 is 0. The topological polar surface area (TPSA) is 304 Å². The third kappa shape index (κ3) is 9.91. The number of nitrogens with one attached hydrogen (secondary N) is 2. The van der Waals surface area contributed by atoms with Crippen molar-refractivity contribution in [2.75, 3.05) is 46.2 Å². The van der Waals surface area contributed by atoms with Gasteiger partial charge in [-0.3, -0.25) is 24.1 Å². The van der Waals surface area contributed by atoms with Crippen LogP contribution in [0.1, 0.15) is 27.7 Å². The molecule has 4 amide bonds. The fourth-order valence-corrected chi connectivity index (χ4v) is 6.77. The summed E-state index contributed by atoms with van der Waals surface area (Å²) in [6.45, 7) is 1.22. The van der Waals surface area contributed by atoms with Gasteiger partial charge in [0.25, 0.3) is 0 Å². The third-order valence-electron chi connectivity index (χ3n) is 9.19. The van der Waals surface area contributed by atoms with Gasteiger partial charge in [-0.15, -0.1) is 0 Å². The molecule has 20 heteroatoms. The SMILES string of the molecule is CC(=O)NC1[C@H](COC[C@@H]2C(CO)O[C@@H](COC[C@@H]3C(CO)O[C@@H](O)C(NC(C)=O)[C@H]3O)C(N(C(C)=O)C(C)=O)[C@H]2O)OC(CO)[C@@H](O)[C@@H]1O. The molecule has 3 aliphatic heterocycles. The van der Waals surface area contributed by atoms with E-state index in [1.54, 1.807) is 0 Å². The first-order valence-electron chi connectivity index (χ1n) is 16.3. The van der Waals surface area contributed by atoms with Crippen LogP contribution in [0, 0.1) is 11.8 Å². The molecule has 3 aliphatic rings. The van der Waals surface area contributed by atoms with E-state index in [1.165, 1.54) is 13.8 Å². The molecule has 3 fully saturated rings. The van der Waals surface area contributed by atoms with Gasteiger partial charge in [-0.05, 0) is 0 Å². The van der Waals surface area contributed by atoms with Crippen LogP contribution in [0.5, 0.6) is 0 Å². The van der Waals surface area contributed by atoms with Gasteiger partial charge in [0.1, 0.15) is 36.6 Å². The van der Waals surface area contributed by atoms with Crippen molar-refractivity contribution in [1.82, 2.24) is 15.5 Å². The highest BCUT2D eigenvalue weighted by molar-refractivity contribution is 5.93. The summed E-state index contributed by atoms with van der Waals surface area (Å²) in [7, 11) is 0. The van der Waals surface area contributed by atoms with Gasteiger partial charge in [0.2, 0.25) is 23.6 Å². The Kier molecular flexibility index (Phi) is 15.8. The average molecular weight is 726 g/mol. The molecule has 15 atom stereocenters. The Morgan fingerprint density at radius 2 is 1.02 bits per heavy atom. The first-order chi connectivity index (χ1) is 23.6. The minimum atomic E-state index is -1.62. The second-order valence-corrected chi connectivity index (χ2v) is 12.8. The number of carbonyl (C=O) groups excluding carboxylic acids is 4. The quantitative estimate of drug-likeness (QED) is 0.0796. The van der Waals surface area contributed by atoms with Crippen LogP contribution in [0.25, 0.3) is 0 Å². The monoisotopic (exact) mass is 725 g/mol. The van der Waals surface area contributed by atoms with Gasteiger partial charge in [-0.1, -0.05) is 0 Å². The van der Waals surface area contributed by atoms with E-state index in [9.17, 15) is 60.0 Å². The largest absolute Gasteiger partial charge is 0.394 e. The van der Waals surface area contributed by atoms with Crippen molar-refractivity contribution < 1.29 is 83.7 Å². The lowest BCUT2D eigenvalue weighted by Gasteiger charge is -2.48. The van der Waals surface area contributed by atoms with Gasteiger partial charge in [-0.25, -0.2) is 0 Å². The molecular formula is C30H51N3O17. The highest BCUT2D eigenvalue weighted by Gasteiger charge is 2.51. The van der Waals surface area contributed by atoms with Crippen molar-refractivity contribution in [3.63, 3.8) is 0 Å². The molecule has 0 aliphatic carbocycles. The number of ether oxygens (including phenoxy) is 5. The molecule has 3 heterocycles. The zero-order valence-electron chi connectivity index (χ0n) is 28.3. The lowest BCUT2D eigenvalue weighted by Crippen LogP contribution is -2.66. The van der Waals surface area contributed by atoms with E-state index in [0.717, 1.165) is 18.7 Å². The van der Waals surface area contributed by atoms with Crippen LogP contribution in [0.4, 0.5) is 0 Å². The van der Waals surface area contributed by atoms with Crippen molar-refractivity contribution in [2.24, 2.45) is 11.8 Å². The molecule has 0 aromatic carbocycles. The number of nitrogens with zero attached hydrogens (tertiary/aromatic N) is 1. The Balaban J connectivity index is 1.77. The number of amides is 4. The van der Waals surface area contributed by atoms with Crippen LogP contribution in [0.15, 0.2) is 0 Å². The Morgan fingerprint density at radius 3 is 1.52 bits per heavy atom. The van der Waals surface area contributed by atoms with E-state index < -0.39 is 141 Å². The van der Waals surface area contributed by atoms with Gasteiger partial charge in [0.05, 0.1) is 82.7 Å². The number of rotatable bonds is 14. The number of carbonyl (C=O) groups is 4. The number of aliphatic hydroxyl groups is 8. The Labute approximate surface area is 288 Å². The van der Waals surface area contributed by atoms with Crippen molar-refractivity contribution in [1.29, 1.82) is 0 Å². The van der Waals surface area contributed by atoms with Gasteiger partial charge in [0.15, 0.2) is 6.29 Å². The van der Waals surface area contributed by atoms with Crippen LogP contribution in [0.3, 0.4) is 0 Å². The smallest absolute Gasteiger partial charge is 0.226 e. The summed E-state index contributed by atoms with van der Waals surface area (Å²) in [4.78, 5) is 49.5. The van der Waals surface area contributed by atoms with Crippen LogP contribution >= 0.6 is 0 Å². The molecule has 6 unspecified atom stereocenters. The van der Waals surface area contributed by atoms with Gasteiger partial charge in [0, 0.05) is 39.5 Å². The van der Waals surface area contributed by atoms with Crippen LogP contribution in [0.2, 0.25) is 0 Å². The maximum Gasteiger partial charge on any atom is 0.226 e. The molecular weight excluding hydrogens is 674 g/mol. The number of imide groups is 1. The van der Waals surface area contributed by atoms with Crippen LogP contribution in [-0.2, 0) is 42.9 Å². The number of hydrogen-bond acceptors (Lipinski definition) is 17. The molecule has 50 heavy (non-hydrogen) atoms. The summed E-state index contributed by atoms with van der Waals surface area (Å²) in [5.41, 5.74) is 0. The molecule has 0 aromatic rings. The zero-order chi connectivity index (χ0) is 37.4. The number of hydrogen-bond donors (Lipinski definition) is 10. The lowest BCUT2D eigenvalue weighted by molar-refractivity contribution is -0.250. The maximum absolute atomic E-state index is 12.7. The Morgan fingerprint density at radius 1 is 0.560 bits per heavy atom. The second kappa shape index (κ2) is 18.9. The lowest BCUT2D eigenvalue weighted by atomic mass is 9.84. The normalized spacial score (nSPS) is 39.0. The standard InChI is InChI=1S/C30H51N3O17/c1-12(37)31-23-21(49-20(7-36)28(43)29(23)44)10-46-9-17-18(5-34)48-22(25(27(17)42)33(14(3)39)15(4)40)11-47-8-16-19(6-35)50-30(45)24(26(16)41)32-13(2)38/h16-30,34-36,41-45H,5-11H2,1-4H3,(H,31,37)(H,32,38)/t16-,17-,18?,19?,20?,21+,22+,23?,24?,25?,26+,27+,28-,29-,30-/m1/s1. The van der Waals surface area contributed by atoms with E-state index in [0.29, 0.717) is 0 Å². The molecule has 3 rings (SSSR count). The average Bonchev–Trinajstić information content (AvgIpc) is 3.04. The molecule has 10 N–H and O–H groups in total. The van der Waals surface area contributed by atoms with Crippen molar-refractivity contribution in [3.8, 4) is 0 Å². The minimum Gasteiger partial charge on any atom is -0.394 e. The molecule has 0 spiro atoms. The fourth-order valence-electron chi connectivity index (χ4n) is 6.77. The van der Waals surface area contributed by atoms with Crippen molar-refractivity contribution in [2.45, 2.75) is 107 Å². The van der Waals surface area contributed by atoms with Gasteiger partial charge >= 0.3 is 0 Å². The van der Waals surface area contributed by atoms with Gasteiger partial charge < -0.3 is 75.2 Å². The first kappa shape index (κ1) is 42.0. The van der Waals surface area contributed by atoms with E-state index in [4.69, 9.17) is 23.7 Å². The van der Waals surface area contributed by atoms with E-state index in [1.807, 2.05) is 0 Å². The zero-order valence-corrected chi connectivity index (χ0v) is 28.3. The summed E-state index contributed by atoms with van der Waals surface area (Å²) in [5, 5.41) is 88.1. The summed E-state index contributed by atoms with van der Waals surface area (Å²) in [5.74, 6) is -4.62. The second-order valence-electron chi connectivity index (χ2n) is 12.8. The maximum atomic E-state index is 12.7. The summed E-state index contributed by atoms with van der Waals surface area (Å²) < 4.78 is 28.7. The first-order valence-corrected chi connectivity index (χ1v) is 16.3. The Bertz CT molecular complexity index is 1140. The predicted octanol–water partition coefficient (Wildman–Crippen LogP) is -6.30. The molecule has 0 bridgehead atoms.